The molecule has 3 aromatic rings. The lowest BCUT2D eigenvalue weighted by molar-refractivity contribution is -0.137. The molecule has 1 amide bonds. The maximum absolute atomic E-state index is 12.9. The highest BCUT2D eigenvalue weighted by Crippen LogP contribution is 2.30. The molecule has 0 unspecified atom stereocenters. The third-order valence-corrected chi connectivity index (χ3v) is 5.97. The molecule has 1 aliphatic heterocycles. The fourth-order valence-corrected chi connectivity index (χ4v) is 4.06. The van der Waals surface area contributed by atoms with Crippen molar-refractivity contribution >= 4 is 5.91 Å². The maximum atomic E-state index is 12.9. The molecule has 1 N–H and O–H groups in total. The van der Waals surface area contributed by atoms with Crippen molar-refractivity contribution in [2.45, 2.75) is 45.5 Å². The monoisotopic (exact) mass is 457 g/mol. The SMILES string of the molecule is Cc1ccc(-n2nnc(C(=O)NC3CCN(Cc4cccc(C(F)(F)F)c4)CC3)c2C)cc1. The van der Waals surface area contributed by atoms with Gasteiger partial charge in [-0.1, -0.05) is 41.1 Å². The summed E-state index contributed by atoms with van der Waals surface area (Å²) in [7, 11) is 0. The Morgan fingerprint density at radius 2 is 1.79 bits per heavy atom. The second-order valence-electron chi connectivity index (χ2n) is 8.49. The van der Waals surface area contributed by atoms with Crippen LogP contribution in [0, 0.1) is 13.8 Å². The molecule has 174 valence electrons. The van der Waals surface area contributed by atoms with Gasteiger partial charge in [0.1, 0.15) is 0 Å². The van der Waals surface area contributed by atoms with Crippen LogP contribution in [0.1, 0.15) is 45.7 Å². The topological polar surface area (TPSA) is 63.1 Å². The van der Waals surface area contributed by atoms with E-state index < -0.39 is 11.7 Å². The number of carbonyl (C=O) groups is 1. The number of likely N-dealkylation sites (tertiary alicyclic amines) is 1. The fourth-order valence-electron chi connectivity index (χ4n) is 4.06. The lowest BCUT2D eigenvalue weighted by atomic mass is 10.0. The average Bonchev–Trinajstić information content (AvgIpc) is 3.17. The molecule has 0 atom stereocenters. The van der Waals surface area contributed by atoms with Crippen LogP contribution in [-0.4, -0.2) is 44.9 Å². The molecule has 1 fully saturated rings. The summed E-state index contributed by atoms with van der Waals surface area (Å²) in [5, 5.41) is 11.2. The van der Waals surface area contributed by atoms with Crippen LogP contribution in [0.4, 0.5) is 13.2 Å². The standard InChI is InChI=1S/C24H26F3N5O/c1-16-6-8-21(9-7-16)32-17(2)22(29-30-32)23(33)28-20-10-12-31(13-11-20)15-18-4-3-5-19(14-18)24(25,26)27/h3-9,14,20H,10-13,15H2,1-2H3,(H,28,33). The second kappa shape index (κ2) is 9.35. The van der Waals surface area contributed by atoms with E-state index in [2.05, 4.69) is 20.5 Å². The van der Waals surface area contributed by atoms with Crippen LogP contribution in [0.25, 0.3) is 5.69 Å². The van der Waals surface area contributed by atoms with Crippen LogP contribution < -0.4 is 5.32 Å². The van der Waals surface area contributed by atoms with E-state index in [1.54, 1.807) is 10.7 Å². The molecule has 0 saturated carbocycles. The second-order valence-corrected chi connectivity index (χ2v) is 8.49. The fraction of sp³-hybridized carbons (Fsp3) is 0.375. The van der Waals surface area contributed by atoms with Gasteiger partial charge in [-0.2, -0.15) is 13.2 Å². The minimum absolute atomic E-state index is 0.0146. The third-order valence-electron chi connectivity index (χ3n) is 5.97. The van der Waals surface area contributed by atoms with Gasteiger partial charge in [-0.25, -0.2) is 4.68 Å². The third kappa shape index (κ3) is 5.42. The Bertz CT molecular complexity index is 1120. The number of alkyl halides is 3. The van der Waals surface area contributed by atoms with E-state index in [4.69, 9.17) is 0 Å². The number of nitrogens with zero attached hydrogens (tertiary/aromatic N) is 4. The molecule has 0 aliphatic carbocycles. The maximum Gasteiger partial charge on any atom is 0.416 e. The van der Waals surface area contributed by atoms with Crippen molar-refractivity contribution in [1.82, 2.24) is 25.2 Å². The van der Waals surface area contributed by atoms with Gasteiger partial charge in [0, 0.05) is 25.7 Å². The molecule has 0 spiro atoms. The van der Waals surface area contributed by atoms with Crippen molar-refractivity contribution in [2.75, 3.05) is 13.1 Å². The van der Waals surface area contributed by atoms with Gasteiger partial charge in [-0.15, -0.1) is 5.10 Å². The van der Waals surface area contributed by atoms with Gasteiger partial charge in [-0.3, -0.25) is 9.69 Å². The molecule has 2 aromatic carbocycles. The summed E-state index contributed by atoms with van der Waals surface area (Å²) in [6.45, 7) is 5.65. The molecule has 1 saturated heterocycles. The number of hydrogen-bond acceptors (Lipinski definition) is 4. The first-order valence-corrected chi connectivity index (χ1v) is 10.9. The highest BCUT2D eigenvalue weighted by Gasteiger charge is 2.30. The molecular weight excluding hydrogens is 431 g/mol. The predicted molar refractivity (Wildman–Crippen MR) is 118 cm³/mol. The van der Waals surface area contributed by atoms with Crippen LogP contribution in [0.5, 0.6) is 0 Å². The van der Waals surface area contributed by atoms with E-state index in [1.807, 2.05) is 38.1 Å². The Morgan fingerprint density at radius 1 is 1.09 bits per heavy atom. The summed E-state index contributed by atoms with van der Waals surface area (Å²) in [5.41, 5.74) is 2.94. The zero-order valence-corrected chi connectivity index (χ0v) is 18.6. The van der Waals surface area contributed by atoms with E-state index in [0.29, 0.717) is 36.6 Å². The molecule has 4 rings (SSSR count). The lowest BCUT2D eigenvalue weighted by Gasteiger charge is -2.32. The Balaban J connectivity index is 1.32. The van der Waals surface area contributed by atoms with Gasteiger partial charge in [0.05, 0.1) is 16.9 Å². The van der Waals surface area contributed by atoms with E-state index in [0.717, 1.165) is 30.2 Å². The summed E-state index contributed by atoms with van der Waals surface area (Å²) >= 11 is 0. The number of amides is 1. The van der Waals surface area contributed by atoms with Crippen LogP contribution in [-0.2, 0) is 12.7 Å². The van der Waals surface area contributed by atoms with E-state index in [9.17, 15) is 18.0 Å². The lowest BCUT2D eigenvalue weighted by Crippen LogP contribution is -2.44. The summed E-state index contributed by atoms with van der Waals surface area (Å²) in [5.74, 6) is -0.262. The van der Waals surface area contributed by atoms with Crippen LogP contribution in [0.3, 0.4) is 0 Å². The Kier molecular flexibility index (Phi) is 6.51. The molecule has 33 heavy (non-hydrogen) atoms. The minimum atomic E-state index is -4.34. The normalized spacial score (nSPS) is 15.5. The first-order valence-electron chi connectivity index (χ1n) is 10.9. The minimum Gasteiger partial charge on any atom is -0.348 e. The Labute approximate surface area is 190 Å². The number of nitrogens with one attached hydrogen (secondary N) is 1. The molecule has 9 heteroatoms. The van der Waals surface area contributed by atoms with E-state index in [1.165, 1.54) is 12.1 Å². The van der Waals surface area contributed by atoms with Crippen molar-refractivity contribution < 1.29 is 18.0 Å². The Morgan fingerprint density at radius 3 is 2.45 bits per heavy atom. The molecule has 0 radical (unpaired) electrons. The summed E-state index contributed by atoms with van der Waals surface area (Å²) < 4.78 is 40.5. The van der Waals surface area contributed by atoms with Crippen LogP contribution >= 0.6 is 0 Å². The first-order chi connectivity index (χ1) is 15.7. The molecule has 0 bridgehead atoms. The van der Waals surface area contributed by atoms with Gasteiger partial charge in [-0.05, 0) is 50.5 Å². The smallest absolute Gasteiger partial charge is 0.348 e. The van der Waals surface area contributed by atoms with Crippen molar-refractivity contribution in [3.63, 3.8) is 0 Å². The van der Waals surface area contributed by atoms with Crippen molar-refractivity contribution in [1.29, 1.82) is 0 Å². The number of halogens is 3. The van der Waals surface area contributed by atoms with Crippen molar-refractivity contribution in [3.8, 4) is 5.69 Å². The number of aromatic nitrogens is 3. The Hall–Kier alpha value is -3.20. The molecule has 1 aliphatic rings. The first kappa shape index (κ1) is 23.0. The number of aryl methyl sites for hydroxylation is 1. The van der Waals surface area contributed by atoms with Gasteiger partial charge < -0.3 is 5.32 Å². The molecule has 1 aromatic heterocycles. The van der Waals surface area contributed by atoms with Gasteiger partial charge in [0.25, 0.3) is 5.91 Å². The van der Waals surface area contributed by atoms with E-state index in [-0.39, 0.29) is 11.9 Å². The average molecular weight is 458 g/mol. The molecule has 6 nitrogen and oxygen atoms in total. The summed E-state index contributed by atoms with van der Waals surface area (Å²) in [6, 6.07) is 13.2. The number of piperidine rings is 1. The van der Waals surface area contributed by atoms with E-state index >= 15 is 0 Å². The largest absolute Gasteiger partial charge is 0.416 e. The van der Waals surface area contributed by atoms with Gasteiger partial charge in [0.15, 0.2) is 5.69 Å². The van der Waals surface area contributed by atoms with Crippen molar-refractivity contribution in [3.05, 3.63) is 76.6 Å². The highest BCUT2D eigenvalue weighted by molar-refractivity contribution is 5.93. The number of benzene rings is 2. The van der Waals surface area contributed by atoms with Crippen LogP contribution in [0.2, 0.25) is 0 Å². The molecular formula is C24H26F3N5O. The van der Waals surface area contributed by atoms with Gasteiger partial charge >= 0.3 is 6.18 Å². The summed E-state index contributed by atoms with van der Waals surface area (Å²) in [4.78, 5) is 14.9. The zero-order valence-electron chi connectivity index (χ0n) is 18.6. The predicted octanol–water partition coefficient (Wildman–Crippen LogP) is 4.30. The van der Waals surface area contributed by atoms with Gasteiger partial charge in [0.2, 0.25) is 0 Å². The summed E-state index contributed by atoms with van der Waals surface area (Å²) in [6.07, 6.45) is -2.90. The zero-order chi connectivity index (χ0) is 23.6. The molecule has 2 heterocycles. The van der Waals surface area contributed by atoms with Crippen LogP contribution in [0.15, 0.2) is 48.5 Å². The highest BCUT2D eigenvalue weighted by atomic mass is 19.4. The van der Waals surface area contributed by atoms with Crippen molar-refractivity contribution in [2.24, 2.45) is 0 Å². The number of hydrogen-bond donors (Lipinski definition) is 1. The quantitative estimate of drug-likeness (QED) is 0.621. The number of carbonyl (C=O) groups excluding carboxylic acids is 1. The number of rotatable bonds is 5.